The van der Waals surface area contributed by atoms with Crippen molar-refractivity contribution < 1.29 is 4.55 Å². The molecule has 0 radical (unpaired) electrons. The van der Waals surface area contributed by atoms with E-state index >= 15 is 0 Å². The molecule has 2 rings (SSSR count). The third-order valence-corrected chi connectivity index (χ3v) is 4.20. The second-order valence-electron chi connectivity index (χ2n) is 3.57. The zero-order valence-electron chi connectivity index (χ0n) is 9.11. The van der Waals surface area contributed by atoms with Crippen LogP contribution in [0.2, 0.25) is 5.02 Å². The summed E-state index contributed by atoms with van der Waals surface area (Å²) in [5.41, 5.74) is 1.83. The first-order valence-electron chi connectivity index (χ1n) is 4.97. The smallest absolute Gasteiger partial charge is 0.160 e. The quantitative estimate of drug-likeness (QED) is 0.744. The van der Waals surface area contributed by atoms with Crippen molar-refractivity contribution in [3.8, 4) is 11.1 Å². The van der Waals surface area contributed by atoms with E-state index in [9.17, 15) is 4.55 Å². The third-order valence-electron chi connectivity index (χ3n) is 2.42. The fourth-order valence-corrected chi connectivity index (χ4v) is 3.18. The number of hydrogen-bond donors (Lipinski definition) is 0. The van der Waals surface area contributed by atoms with Gasteiger partial charge in [0.2, 0.25) is 0 Å². The van der Waals surface area contributed by atoms with Gasteiger partial charge >= 0.3 is 0 Å². The summed E-state index contributed by atoms with van der Waals surface area (Å²) in [5.74, 6) is 0. The molecule has 0 saturated carbocycles. The summed E-state index contributed by atoms with van der Waals surface area (Å²) in [5, 5.41) is 0.650. The van der Waals surface area contributed by atoms with Crippen molar-refractivity contribution in [3.05, 3.63) is 52.0 Å². The molecule has 0 aliphatic carbocycles. The summed E-state index contributed by atoms with van der Waals surface area (Å²) in [6, 6.07) is 13.3. The van der Waals surface area contributed by atoms with Crippen LogP contribution in [0.4, 0.5) is 0 Å². The SMILES string of the molecule is C[S+]([O-])c1ccccc1-c1ccc(Br)cc1Cl. The Kier molecular flexibility index (Phi) is 4.15. The lowest BCUT2D eigenvalue weighted by Gasteiger charge is -2.11. The number of hydrogen-bond acceptors (Lipinski definition) is 1. The molecule has 0 amide bonds. The number of halogens is 2. The lowest BCUT2D eigenvalue weighted by Crippen LogP contribution is -1.99. The maximum absolute atomic E-state index is 11.7. The van der Waals surface area contributed by atoms with Crippen LogP contribution in [0.15, 0.2) is 51.8 Å². The van der Waals surface area contributed by atoms with Crippen LogP contribution in [0.5, 0.6) is 0 Å². The van der Waals surface area contributed by atoms with Gasteiger partial charge in [-0.25, -0.2) is 0 Å². The second-order valence-corrected chi connectivity index (χ2v) is 6.25. The summed E-state index contributed by atoms with van der Waals surface area (Å²) >= 11 is 8.56. The van der Waals surface area contributed by atoms with E-state index in [1.807, 2.05) is 42.5 Å². The predicted octanol–water partition coefficient (Wildman–Crippen LogP) is 4.51. The van der Waals surface area contributed by atoms with Crippen LogP contribution >= 0.6 is 27.5 Å². The maximum Gasteiger partial charge on any atom is 0.160 e. The molecule has 0 fully saturated rings. The topological polar surface area (TPSA) is 23.1 Å². The fraction of sp³-hybridized carbons (Fsp3) is 0.0769. The molecule has 17 heavy (non-hydrogen) atoms. The fourth-order valence-electron chi connectivity index (χ4n) is 1.65. The molecule has 0 aromatic heterocycles. The summed E-state index contributed by atoms with van der Waals surface area (Å²) < 4.78 is 12.6. The largest absolute Gasteiger partial charge is 0.612 e. The Labute approximate surface area is 117 Å². The Bertz CT molecular complexity index is 543. The van der Waals surface area contributed by atoms with Gasteiger partial charge in [0.25, 0.3) is 0 Å². The van der Waals surface area contributed by atoms with Crippen LogP contribution in [0.3, 0.4) is 0 Å². The lowest BCUT2D eigenvalue weighted by molar-refractivity contribution is 0.601. The summed E-state index contributed by atoms with van der Waals surface area (Å²) in [7, 11) is 0. The van der Waals surface area contributed by atoms with Crippen LogP contribution in [-0.2, 0) is 11.2 Å². The standard InChI is InChI=1S/C13H10BrClOS/c1-17(16)13-5-3-2-4-11(13)10-7-6-9(14)8-12(10)15/h2-8H,1H3. The number of benzene rings is 2. The summed E-state index contributed by atoms with van der Waals surface area (Å²) in [6.45, 7) is 0. The van der Waals surface area contributed by atoms with Crippen molar-refractivity contribution in [2.45, 2.75) is 4.90 Å². The molecule has 1 nitrogen and oxygen atoms in total. The van der Waals surface area contributed by atoms with Crippen molar-refractivity contribution in [2.24, 2.45) is 0 Å². The molecule has 1 atom stereocenters. The minimum atomic E-state index is -1.02. The first kappa shape index (κ1) is 13.0. The van der Waals surface area contributed by atoms with Crippen LogP contribution in [0.1, 0.15) is 0 Å². The Morgan fingerprint density at radius 3 is 2.47 bits per heavy atom. The van der Waals surface area contributed by atoms with E-state index in [1.54, 1.807) is 6.26 Å². The molecule has 4 heteroatoms. The molecule has 0 saturated heterocycles. The highest BCUT2D eigenvalue weighted by Crippen LogP contribution is 2.34. The Balaban J connectivity index is 2.60. The molecule has 1 unspecified atom stereocenters. The average molecular weight is 330 g/mol. The summed E-state index contributed by atoms with van der Waals surface area (Å²) in [4.78, 5) is 0.803. The van der Waals surface area contributed by atoms with Gasteiger partial charge in [-0.15, -0.1) is 0 Å². The summed E-state index contributed by atoms with van der Waals surface area (Å²) in [6.07, 6.45) is 1.67. The molecule has 0 bridgehead atoms. The van der Waals surface area contributed by atoms with E-state index in [4.69, 9.17) is 11.6 Å². The minimum absolute atomic E-state index is 0.650. The van der Waals surface area contributed by atoms with Crippen LogP contribution in [0, 0.1) is 0 Å². The van der Waals surface area contributed by atoms with Gasteiger partial charge in [-0.1, -0.05) is 45.7 Å². The molecular weight excluding hydrogens is 320 g/mol. The normalized spacial score (nSPS) is 12.5. The Morgan fingerprint density at radius 1 is 1.12 bits per heavy atom. The van der Waals surface area contributed by atoms with Gasteiger partial charge in [-0.3, -0.25) is 0 Å². The highest BCUT2D eigenvalue weighted by molar-refractivity contribution is 9.10. The minimum Gasteiger partial charge on any atom is -0.612 e. The van der Waals surface area contributed by atoms with Crippen molar-refractivity contribution in [1.29, 1.82) is 0 Å². The van der Waals surface area contributed by atoms with Crippen molar-refractivity contribution in [1.82, 2.24) is 0 Å². The van der Waals surface area contributed by atoms with Crippen LogP contribution in [-0.4, -0.2) is 10.8 Å². The van der Waals surface area contributed by atoms with Gasteiger partial charge < -0.3 is 4.55 Å². The monoisotopic (exact) mass is 328 g/mol. The zero-order valence-corrected chi connectivity index (χ0v) is 12.3. The molecule has 0 aliphatic rings. The van der Waals surface area contributed by atoms with Crippen LogP contribution < -0.4 is 0 Å². The molecule has 0 spiro atoms. The molecule has 2 aromatic rings. The first-order chi connectivity index (χ1) is 8.09. The van der Waals surface area contributed by atoms with Gasteiger partial charge in [0.05, 0.1) is 0 Å². The van der Waals surface area contributed by atoms with E-state index in [0.29, 0.717) is 5.02 Å². The van der Waals surface area contributed by atoms with Gasteiger partial charge in [-0.2, -0.15) is 0 Å². The predicted molar refractivity (Wildman–Crippen MR) is 76.9 cm³/mol. The van der Waals surface area contributed by atoms with Crippen molar-refractivity contribution in [2.75, 3.05) is 6.26 Å². The molecule has 0 aliphatic heterocycles. The van der Waals surface area contributed by atoms with E-state index in [1.165, 1.54) is 0 Å². The Morgan fingerprint density at radius 2 is 1.82 bits per heavy atom. The van der Waals surface area contributed by atoms with E-state index < -0.39 is 11.2 Å². The maximum atomic E-state index is 11.7. The zero-order chi connectivity index (χ0) is 12.4. The average Bonchev–Trinajstić information content (AvgIpc) is 2.29. The highest BCUT2D eigenvalue weighted by Gasteiger charge is 2.14. The van der Waals surface area contributed by atoms with Crippen LogP contribution in [0.25, 0.3) is 11.1 Å². The molecular formula is C13H10BrClOS. The first-order valence-corrected chi connectivity index (χ1v) is 7.70. The van der Waals surface area contributed by atoms with Gasteiger partial charge in [0, 0.05) is 20.6 Å². The Hall–Kier alpha value is -0.480. The van der Waals surface area contributed by atoms with E-state index in [2.05, 4.69) is 15.9 Å². The van der Waals surface area contributed by atoms with Gasteiger partial charge in [0.1, 0.15) is 6.26 Å². The third kappa shape index (κ3) is 2.86. The molecule has 0 N–H and O–H groups in total. The van der Waals surface area contributed by atoms with E-state index in [-0.39, 0.29) is 0 Å². The van der Waals surface area contributed by atoms with Gasteiger partial charge in [0.15, 0.2) is 4.90 Å². The molecule has 2 aromatic carbocycles. The molecule has 88 valence electrons. The molecule has 0 heterocycles. The number of rotatable bonds is 2. The highest BCUT2D eigenvalue weighted by atomic mass is 79.9. The van der Waals surface area contributed by atoms with Gasteiger partial charge in [-0.05, 0) is 35.4 Å². The second kappa shape index (κ2) is 5.44. The van der Waals surface area contributed by atoms with Crippen molar-refractivity contribution in [3.63, 3.8) is 0 Å². The van der Waals surface area contributed by atoms with E-state index in [0.717, 1.165) is 20.5 Å². The lowest BCUT2D eigenvalue weighted by atomic mass is 10.1. The van der Waals surface area contributed by atoms with Crippen molar-refractivity contribution >= 4 is 38.7 Å².